The number of guanidine groups is 1. The molecule has 5 N–H and O–H groups in total. The van der Waals surface area contributed by atoms with Crippen LogP contribution in [0.2, 0.25) is 0 Å². The monoisotopic (exact) mass is 438 g/mol. The maximum absolute atomic E-state index is 5.85. The third-order valence-corrected chi connectivity index (χ3v) is 3.57. The lowest BCUT2D eigenvalue weighted by Gasteiger charge is -2.03. The fourth-order valence-electron chi connectivity index (χ4n) is 2.26. The van der Waals surface area contributed by atoms with Gasteiger partial charge in [-0.3, -0.25) is 0 Å². The van der Waals surface area contributed by atoms with E-state index in [1.54, 1.807) is 0 Å². The Labute approximate surface area is 179 Å². The van der Waals surface area contributed by atoms with Crippen molar-refractivity contribution in [1.29, 1.82) is 0 Å². The van der Waals surface area contributed by atoms with E-state index in [0.29, 0.717) is 23.9 Å². The maximum Gasteiger partial charge on any atom is 0.325 e. The molecule has 10 heteroatoms. The first-order valence-corrected chi connectivity index (χ1v) is 8.43. The number of hydrogen-bond donors (Lipinski definition) is 3. The summed E-state index contributed by atoms with van der Waals surface area (Å²) >= 11 is 0. The molecule has 0 saturated heterocycles. The third kappa shape index (κ3) is 9.81. The van der Waals surface area contributed by atoms with Crippen LogP contribution in [-0.2, 0) is 6.54 Å². The molecule has 27 heavy (non-hydrogen) atoms. The van der Waals surface area contributed by atoms with E-state index < -0.39 is 0 Å². The number of aliphatic imine (C=N–C) groups is 1. The fraction of sp³-hybridized carbons (Fsp3) is 0.471. The number of nitrogens with zero attached hydrogens (tertiary/aromatic N) is 3. The van der Waals surface area contributed by atoms with Crippen molar-refractivity contribution in [2.75, 3.05) is 6.54 Å². The van der Waals surface area contributed by atoms with Crippen molar-refractivity contribution in [2.45, 2.75) is 45.6 Å². The van der Waals surface area contributed by atoms with Crippen molar-refractivity contribution in [3.05, 3.63) is 30.2 Å². The highest BCUT2D eigenvalue weighted by atomic mass is 35.5. The van der Waals surface area contributed by atoms with Gasteiger partial charge in [0.2, 0.25) is 0 Å². The first kappa shape index (κ1) is 27.7. The van der Waals surface area contributed by atoms with Crippen LogP contribution in [0.3, 0.4) is 0 Å². The van der Waals surface area contributed by atoms with Crippen molar-refractivity contribution in [3.63, 3.8) is 0 Å². The lowest BCUT2D eigenvalue weighted by molar-refractivity contribution is 0.568. The number of nitrogens with one attached hydrogen (secondary N) is 1. The number of aromatic nitrogens is 2. The van der Waals surface area contributed by atoms with Gasteiger partial charge >= 0.3 is 6.01 Å². The van der Waals surface area contributed by atoms with Crippen molar-refractivity contribution in [2.24, 2.45) is 16.5 Å². The molecule has 154 valence electrons. The average molecular weight is 440 g/mol. The van der Waals surface area contributed by atoms with Gasteiger partial charge in [-0.1, -0.05) is 38.7 Å². The molecular weight excluding hydrogens is 411 g/mol. The lowest BCUT2D eigenvalue weighted by Crippen LogP contribution is -2.31. The SMILES string of the molecule is CCCCCCCNC(N)=Nc1nc(-c2cccc(CN)n2)co1.Cl.Cl.Cl. The van der Waals surface area contributed by atoms with Gasteiger partial charge in [0, 0.05) is 13.1 Å². The van der Waals surface area contributed by atoms with Crippen LogP contribution in [0.25, 0.3) is 11.4 Å². The Hall–Kier alpha value is -1.54. The number of hydrogen-bond acceptors (Lipinski definition) is 5. The topological polar surface area (TPSA) is 115 Å². The Bertz CT molecular complexity index is 666. The highest BCUT2D eigenvalue weighted by molar-refractivity contribution is 5.86. The third-order valence-electron chi connectivity index (χ3n) is 3.57. The van der Waals surface area contributed by atoms with Crippen molar-refractivity contribution in [1.82, 2.24) is 15.3 Å². The second-order valence-electron chi connectivity index (χ2n) is 5.57. The van der Waals surface area contributed by atoms with Gasteiger partial charge in [-0.2, -0.15) is 9.98 Å². The van der Waals surface area contributed by atoms with Crippen LogP contribution in [0.1, 0.15) is 44.7 Å². The lowest BCUT2D eigenvalue weighted by atomic mass is 10.1. The van der Waals surface area contributed by atoms with Crippen molar-refractivity contribution in [3.8, 4) is 11.4 Å². The van der Waals surface area contributed by atoms with Crippen LogP contribution in [0.15, 0.2) is 33.9 Å². The minimum atomic E-state index is 0. The smallest absolute Gasteiger partial charge is 0.325 e. The summed E-state index contributed by atoms with van der Waals surface area (Å²) in [5, 5.41) is 3.07. The van der Waals surface area contributed by atoms with Crippen LogP contribution in [0, 0.1) is 0 Å². The van der Waals surface area contributed by atoms with Crippen molar-refractivity contribution < 1.29 is 4.42 Å². The van der Waals surface area contributed by atoms with Crippen molar-refractivity contribution >= 4 is 49.2 Å². The molecule has 0 radical (unpaired) electrons. The summed E-state index contributed by atoms with van der Waals surface area (Å²) in [6, 6.07) is 5.81. The van der Waals surface area contributed by atoms with Gasteiger partial charge in [0.05, 0.1) is 11.4 Å². The minimum Gasteiger partial charge on any atom is -0.430 e. The highest BCUT2D eigenvalue weighted by Crippen LogP contribution is 2.20. The quantitative estimate of drug-likeness (QED) is 0.309. The van der Waals surface area contributed by atoms with E-state index in [1.807, 2.05) is 18.2 Å². The summed E-state index contributed by atoms with van der Waals surface area (Å²) in [5.74, 6) is 0.308. The zero-order chi connectivity index (χ0) is 17.2. The minimum absolute atomic E-state index is 0. The van der Waals surface area contributed by atoms with Crippen LogP contribution in [0.5, 0.6) is 0 Å². The Morgan fingerprint density at radius 3 is 2.52 bits per heavy atom. The molecule has 0 aliphatic heterocycles. The number of nitrogens with two attached hydrogens (primary N) is 2. The van der Waals surface area contributed by atoms with Crippen LogP contribution in [0.4, 0.5) is 6.01 Å². The molecule has 0 aromatic carbocycles. The van der Waals surface area contributed by atoms with Gasteiger partial charge in [-0.15, -0.1) is 37.2 Å². The fourth-order valence-corrected chi connectivity index (χ4v) is 2.26. The summed E-state index contributed by atoms with van der Waals surface area (Å²) in [4.78, 5) is 12.8. The summed E-state index contributed by atoms with van der Waals surface area (Å²) in [7, 11) is 0. The van der Waals surface area contributed by atoms with Crippen LogP contribution >= 0.6 is 37.2 Å². The number of unbranched alkanes of at least 4 members (excludes halogenated alkanes) is 4. The van der Waals surface area contributed by atoms with E-state index in [2.05, 4.69) is 27.2 Å². The number of halogens is 3. The Morgan fingerprint density at radius 1 is 1.07 bits per heavy atom. The average Bonchev–Trinajstić information content (AvgIpc) is 3.06. The number of pyridine rings is 1. The second kappa shape index (κ2) is 15.5. The standard InChI is InChI=1S/C17H26N6O.3ClH/c1-2-3-4-5-6-10-20-16(19)23-17-22-15(12-24-17)14-9-7-8-13(11-18)21-14;;;/h7-9,12H,2-6,10-11,18H2,1H3,(H3,19,20,22,23);3*1H. The summed E-state index contributed by atoms with van der Waals surface area (Å²) in [6.07, 6.45) is 7.56. The molecule has 7 nitrogen and oxygen atoms in total. The second-order valence-corrected chi connectivity index (χ2v) is 5.57. The molecule has 0 atom stereocenters. The van der Waals surface area contributed by atoms with Gasteiger partial charge in [0.1, 0.15) is 12.0 Å². The van der Waals surface area contributed by atoms with Gasteiger partial charge < -0.3 is 21.2 Å². The Morgan fingerprint density at radius 2 is 1.81 bits per heavy atom. The molecule has 0 spiro atoms. The predicted molar refractivity (Wildman–Crippen MR) is 117 cm³/mol. The first-order chi connectivity index (χ1) is 11.7. The molecule has 0 aliphatic rings. The van der Waals surface area contributed by atoms with E-state index in [4.69, 9.17) is 15.9 Å². The van der Waals surface area contributed by atoms with E-state index in [9.17, 15) is 0 Å². The number of oxazole rings is 1. The molecule has 0 unspecified atom stereocenters. The summed E-state index contributed by atoms with van der Waals surface area (Å²) < 4.78 is 5.33. The highest BCUT2D eigenvalue weighted by Gasteiger charge is 2.08. The van der Waals surface area contributed by atoms with Crippen LogP contribution < -0.4 is 16.8 Å². The molecule has 2 aromatic rings. The van der Waals surface area contributed by atoms with Crippen LogP contribution in [-0.4, -0.2) is 22.5 Å². The molecule has 0 aliphatic carbocycles. The normalized spacial score (nSPS) is 10.4. The van der Waals surface area contributed by atoms with E-state index >= 15 is 0 Å². The van der Waals surface area contributed by atoms with E-state index in [-0.39, 0.29) is 43.2 Å². The first-order valence-electron chi connectivity index (χ1n) is 8.43. The van der Waals surface area contributed by atoms with E-state index in [1.165, 1.54) is 31.9 Å². The van der Waals surface area contributed by atoms with E-state index in [0.717, 1.165) is 18.7 Å². The largest absolute Gasteiger partial charge is 0.430 e. The Kier molecular flexibility index (Phi) is 15.9. The molecule has 0 fully saturated rings. The van der Waals surface area contributed by atoms with Gasteiger partial charge in [0.25, 0.3) is 0 Å². The maximum atomic E-state index is 5.85. The van der Waals surface area contributed by atoms with Gasteiger partial charge in [-0.25, -0.2) is 4.98 Å². The summed E-state index contributed by atoms with van der Waals surface area (Å²) in [6.45, 7) is 3.38. The molecule has 0 saturated carbocycles. The molecule has 2 heterocycles. The zero-order valence-electron chi connectivity index (χ0n) is 15.4. The van der Waals surface area contributed by atoms with Gasteiger partial charge in [0.15, 0.2) is 5.96 Å². The molecule has 0 bridgehead atoms. The molecule has 2 rings (SSSR count). The molecular formula is C17H29Cl3N6O. The van der Waals surface area contributed by atoms with Gasteiger partial charge in [-0.05, 0) is 18.6 Å². The zero-order valence-corrected chi connectivity index (χ0v) is 17.8. The Balaban J connectivity index is 0. The summed E-state index contributed by atoms with van der Waals surface area (Å²) in [5.41, 5.74) is 13.6. The predicted octanol–water partition coefficient (Wildman–Crippen LogP) is 3.97. The number of rotatable bonds is 9. The molecule has 0 amide bonds. The molecule has 2 aromatic heterocycles.